The number of hydrogen-bond donors (Lipinski definition) is 3. The number of aromatic nitrogens is 3. The Morgan fingerprint density at radius 1 is 1.47 bits per heavy atom. The van der Waals surface area contributed by atoms with E-state index >= 15 is 0 Å². The molecule has 6 heteroatoms. The number of rotatable bonds is 4. The summed E-state index contributed by atoms with van der Waals surface area (Å²) in [6, 6.07) is 3.87. The maximum Gasteiger partial charge on any atom is 0.276 e. The summed E-state index contributed by atoms with van der Waals surface area (Å²) in [4.78, 5) is 21.6. The number of nitrogens with one attached hydrogen (secondary N) is 2. The van der Waals surface area contributed by atoms with Crippen LogP contribution in [0.1, 0.15) is 5.56 Å². The zero-order chi connectivity index (χ0) is 12.1. The van der Waals surface area contributed by atoms with Crippen molar-refractivity contribution in [2.24, 2.45) is 0 Å². The van der Waals surface area contributed by atoms with Gasteiger partial charge in [-0.1, -0.05) is 6.07 Å². The minimum Gasteiger partial charge on any atom is -0.391 e. The van der Waals surface area contributed by atoms with Gasteiger partial charge in [0.25, 0.3) is 5.56 Å². The van der Waals surface area contributed by atoms with Gasteiger partial charge >= 0.3 is 0 Å². The Bertz CT molecular complexity index is 537. The molecule has 4 N–H and O–H groups in total. The first-order valence-corrected chi connectivity index (χ1v) is 5.23. The molecule has 17 heavy (non-hydrogen) atoms. The summed E-state index contributed by atoms with van der Waals surface area (Å²) >= 11 is 0. The van der Waals surface area contributed by atoms with Gasteiger partial charge in [0, 0.05) is 18.9 Å². The number of aromatic amines is 1. The second-order valence-corrected chi connectivity index (χ2v) is 3.53. The van der Waals surface area contributed by atoms with E-state index in [1.54, 1.807) is 12.4 Å². The van der Waals surface area contributed by atoms with Gasteiger partial charge < -0.3 is 16.0 Å². The first-order chi connectivity index (χ1) is 8.27. The van der Waals surface area contributed by atoms with Gasteiger partial charge in [-0.3, -0.25) is 9.78 Å². The third-order valence-corrected chi connectivity index (χ3v) is 2.32. The van der Waals surface area contributed by atoms with Crippen LogP contribution in [-0.2, 0) is 6.42 Å². The Kier molecular flexibility index (Phi) is 3.34. The van der Waals surface area contributed by atoms with E-state index in [-0.39, 0.29) is 11.2 Å². The van der Waals surface area contributed by atoms with Crippen LogP contribution in [0, 0.1) is 0 Å². The lowest BCUT2D eigenvalue weighted by molar-refractivity contribution is 0.986. The van der Waals surface area contributed by atoms with Gasteiger partial charge in [-0.25, -0.2) is 4.98 Å². The number of hydrogen-bond acceptors (Lipinski definition) is 5. The van der Waals surface area contributed by atoms with Crippen LogP contribution in [0.25, 0.3) is 0 Å². The fourth-order valence-electron chi connectivity index (χ4n) is 1.42. The first-order valence-electron chi connectivity index (χ1n) is 5.23. The molecule has 0 radical (unpaired) electrons. The summed E-state index contributed by atoms with van der Waals surface area (Å²) in [5.74, 6) is 0.414. The highest BCUT2D eigenvalue weighted by Crippen LogP contribution is 2.07. The maximum absolute atomic E-state index is 11.2. The molecule has 6 nitrogen and oxygen atoms in total. The smallest absolute Gasteiger partial charge is 0.276 e. The molecule has 0 amide bonds. The predicted molar refractivity (Wildman–Crippen MR) is 65.7 cm³/mol. The molecule has 88 valence electrons. The Morgan fingerprint density at radius 3 is 3.12 bits per heavy atom. The van der Waals surface area contributed by atoms with Gasteiger partial charge in [-0.15, -0.1) is 0 Å². The van der Waals surface area contributed by atoms with Gasteiger partial charge in [-0.05, 0) is 18.1 Å². The Labute approximate surface area is 97.9 Å². The van der Waals surface area contributed by atoms with Crippen molar-refractivity contribution < 1.29 is 0 Å². The third kappa shape index (κ3) is 2.81. The molecule has 2 aromatic rings. The van der Waals surface area contributed by atoms with E-state index in [4.69, 9.17) is 5.73 Å². The van der Waals surface area contributed by atoms with Crippen LogP contribution in [-0.4, -0.2) is 21.5 Å². The molecule has 0 aliphatic rings. The monoisotopic (exact) mass is 231 g/mol. The molecule has 2 aromatic heterocycles. The number of H-pyrrole nitrogens is 1. The molecule has 0 fully saturated rings. The summed E-state index contributed by atoms with van der Waals surface area (Å²) in [6.07, 6.45) is 5.65. The minimum absolute atomic E-state index is 0.110. The lowest BCUT2D eigenvalue weighted by Gasteiger charge is -2.06. The largest absolute Gasteiger partial charge is 0.391 e. The van der Waals surface area contributed by atoms with Gasteiger partial charge in [0.15, 0.2) is 5.82 Å². The average molecular weight is 231 g/mol. The zero-order valence-corrected chi connectivity index (χ0v) is 9.18. The summed E-state index contributed by atoms with van der Waals surface area (Å²) in [7, 11) is 0. The fraction of sp³-hybridized carbons (Fsp3) is 0.182. The van der Waals surface area contributed by atoms with Crippen molar-refractivity contribution in [2.45, 2.75) is 6.42 Å². The third-order valence-electron chi connectivity index (χ3n) is 2.32. The standard InChI is InChI=1S/C11H13N5O/c12-9-10(15-7-16-11(9)17)14-5-3-8-2-1-4-13-6-8/h1-2,4,6-7H,3,5,12H2,(H2,14,15,16,17). The molecule has 0 aromatic carbocycles. The lowest BCUT2D eigenvalue weighted by atomic mass is 10.2. The van der Waals surface area contributed by atoms with Gasteiger partial charge in [0.1, 0.15) is 5.69 Å². The number of pyridine rings is 1. The van der Waals surface area contributed by atoms with E-state index < -0.39 is 0 Å². The van der Waals surface area contributed by atoms with Crippen molar-refractivity contribution in [2.75, 3.05) is 17.6 Å². The topological polar surface area (TPSA) is 96.7 Å². The highest BCUT2D eigenvalue weighted by molar-refractivity contribution is 5.58. The summed E-state index contributed by atoms with van der Waals surface area (Å²) in [5, 5.41) is 3.02. The van der Waals surface area contributed by atoms with Crippen molar-refractivity contribution in [3.63, 3.8) is 0 Å². The van der Waals surface area contributed by atoms with Crippen LogP contribution in [0.15, 0.2) is 35.6 Å². The highest BCUT2D eigenvalue weighted by atomic mass is 16.1. The Hall–Kier alpha value is -2.37. The molecule has 0 saturated heterocycles. The summed E-state index contributed by atoms with van der Waals surface area (Å²) in [6.45, 7) is 0.645. The van der Waals surface area contributed by atoms with Crippen LogP contribution >= 0.6 is 0 Å². The van der Waals surface area contributed by atoms with Crippen molar-refractivity contribution in [1.82, 2.24) is 15.0 Å². The van der Waals surface area contributed by atoms with E-state index in [1.807, 2.05) is 12.1 Å². The predicted octanol–water partition coefficient (Wildman–Crippen LogP) is 0.402. The van der Waals surface area contributed by atoms with Crippen molar-refractivity contribution in [3.05, 3.63) is 46.8 Å². The van der Waals surface area contributed by atoms with Crippen LogP contribution < -0.4 is 16.6 Å². The highest BCUT2D eigenvalue weighted by Gasteiger charge is 2.02. The molecule has 0 saturated carbocycles. The van der Waals surface area contributed by atoms with Crippen molar-refractivity contribution >= 4 is 11.5 Å². The second kappa shape index (κ2) is 5.11. The van der Waals surface area contributed by atoms with Gasteiger partial charge in [0.2, 0.25) is 0 Å². The minimum atomic E-state index is -0.330. The van der Waals surface area contributed by atoms with Crippen LogP contribution in [0.3, 0.4) is 0 Å². The van der Waals surface area contributed by atoms with Crippen LogP contribution in [0.4, 0.5) is 11.5 Å². The maximum atomic E-state index is 11.2. The normalized spacial score (nSPS) is 10.1. The number of nitrogens with two attached hydrogens (primary N) is 1. The van der Waals surface area contributed by atoms with E-state index in [1.165, 1.54) is 6.33 Å². The Balaban J connectivity index is 1.95. The number of anilines is 2. The quantitative estimate of drug-likeness (QED) is 0.707. The first kappa shape index (κ1) is 11.1. The lowest BCUT2D eigenvalue weighted by Crippen LogP contribution is -2.17. The molecule has 2 heterocycles. The van der Waals surface area contributed by atoms with Crippen LogP contribution in [0.2, 0.25) is 0 Å². The van der Waals surface area contributed by atoms with E-state index in [2.05, 4.69) is 20.3 Å². The average Bonchev–Trinajstić information content (AvgIpc) is 2.36. The van der Waals surface area contributed by atoms with Crippen molar-refractivity contribution in [1.29, 1.82) is 0 Å². The van der Waals surface area contributed by atoms with Crippen molar-refractivity contribution in [3.8, 4) is 0 Å². The molecule has 0 unspecified atom stereocenters. The van der Waals surface area contributed by atoms with Gasteiger partial charge in [0.05, 0.1) is 6.33 Å². The van der Waals surface area contributed by atoms with E-state index in [0.29, 0.717) is 12.4 Å². The molecule has 2 rings (SSSR count). The molecule has 0 atom stereocenters. The molecular weight excluding hydrogens is 218 g/mol. The second-order valence-electron chi connectivity index (χ2n) is 3.53. The molecule has 0 bridgehead atoms. The number of nitrogens with zero attached hydrogens (tertiary/aromatic N) is 2. The van der Waals surface area contributed by atoms with Crippen LogP contribution in [0.5, 0.6) is 0 Å². The Morgan fingerprint density at radius 2 is 2.35 bits per heavy atom. The fourth-order valence-corrected chi connectivity index (χ4v) is 1.42. The zero-order valence-electron chi connectivity index (χ0n) is 9.18. The SMILES string of the molecule is Nc1c(NCCc2cccnc2)nc[nH]c1=O. The molecule has 0 aliphatic heterocycles. The summed E-state index contributed by atoms with van der Waals surface area (Å²) in [5.41, 5.74) is 6.48. The summed E-state index contributed by atoms with van der Waals surface area (Å²) < 4.78 is 0. The molecular formula is C11H13N5O. The molecule has 0 aliphatic carbocycles. The molecule has 0 spiro atoms. The van der Waals surface area contributed by atoms with Gasteiger partial charge in [-0.2, -0.15) is 0 Å². The van der Waals surface area contributed by atoms with E-state index in [0.717, 1.165) is 12.0 Å². The van der Waals surface area contributed by atoms with E-state index in [9.17, 15) is 4.79 Å². The number of nitrogen functional groups attached to an aromatic ring is 1.